The molecule has 1 N–H and O–H groups in total. The number of amides is 1. The maximum Gasteiger partial charge on any atom is 0.267 e. The number of pyridine rings is 1. The molecule has 196 valence electrons. The van der Waals surface area contributed by atoms with Gasteiger partial charge >= 0.3 is 0 Å². The maximum atomic E-state index is 13.8. The van der Waals surface area contributed by atoms with Crippen molar-refractivity contribution in [3.8, 4) is 5.75 Å². The molecule has 4 rings (SSSR count). The fraction of sp³-hybridized carbons (Fsp3) is 0.321. The minimum atomic E-state index is -0.344. The van der Waals surface area contributed by atoms with Gasteiger partial charge < -0.3 is 15.0 Å². The first-order valence-corrected chi connectivity index (χ1v) is 12.8. The molecule has 0 bridgehead atoms. The zero-order valence-electron chi connectivity index (χ0n) is 21.4. The maximum absolute atomic E-state index is 13.8. The average molecular weight is 542 g/mol. The summed E-state index contributed by atoms with van der Waals surface area (Å²) < 4.78 is 7.83. The molecule has 7 nitrogen and oxygen atoms in total. The first-order chi connectivity index (χ1) is 17.3. The third-order valence-electron chi connectivity index (χ3n) is 6.13. The summed E-state index contributed by atoms with van der Waals surface area (Å²) >= 11 is 1.27. The van der Waals surface area contributed by atoms with E-state index in [4.69, 9.17) is 4.74 Å². The third kappa shape index (κ3) is 5.87. The summed E-state index contributed by atoms with van der Waals surface area (Å²) in [5.41, 5.74) is 0.842. The van der Waals surface area contributed by atoms with Crippen molar-refractivity contribution >= 4 is 56.4 Å². The largest absolute Gasteiger partial charge is 0.494 e. The molecular formula is C28H32ClN3O4S. The molecule has 2 heterocycles. The summed E-state index contributed by atoms with van der Waals surface area (Å²) in [7, 11) is 3.23. The molecule has 2 aromatic carbocycles. The van der Waals surface area contributed by atoms with Crippen molar-refractivity contribution in [3.05, 3.63) is 75.4 Å². The zero-order chi connectivity index (χ0) is 25.8. The van der Waals surface area contributed by atoms with Gasteiger partial charge in [0, 0.05) is 30.6 Å². The van der Waals surface area contributed by atoms with Crippen LogP contribution in [0.3, 0.4) is 0 Å². The molecule has 1 amide bonds. The average Bonchev–Trinajstić information content (AvgIpc) is 3.28. The summed E-state index contributed by atoms with van der Waals surface area (Å²) in [6, 6.07) is 16.8. The zero-order valence-corrected chi connectivity index (χ0v) is 23.1. The molecule has 4 aromatic rings. The topological polar surface area (TPSA) is 80.6 Å². The normalized spacial score (nSPS) is 11.1. The highest BCUT2D eigenvalue weighted by Gasteiger charge is 2.27. The van der Waals surface area contributed by atoms with Gasteiger partial charge in [0.2, 0.25) is 0 Å². The van der Waals surface area contributed by atoms with Crippen LogP contribution in [0, 0.1) is 0 Å². The van der Waals surface area contributed by atoms with Crippen LogP contribution in [0.25, 0.3) is 21.0 Å². The van der Waals surface area contributed by atoms with E-state index in [2.05, 4.69) is 19.2 Å². The van der Waals surface area contributed by atoms with Crippen LogP contribution in [-0.2, 0) is 6.54 Å². The van der Waals surface area contributed by atoms with Crippen molar-refractivity contribution in [2.45, 2.75) is 32.9 Å². The Hall–Kier alpha value is -3.20. The Bertz CT molecular complexity index is 1460. The lowest BCUT2D eigenvalue weighted by atomic mass is 10.1. The van der Waals surface area contributed by atoms with Gasteiger partial charge in [-0.3, -0.25) is 19.0 Å². The molecule has 0 aliphatic heterocycles. The van der Waals surface area contributed by atoms with Gasteiger partial charge in [-0.05, 0) is 19.0 Å². The van der Waals surface area contributed by atoms with Gasteiger partial charge in [-0.2, -0.15) is 0 Å². The van der Waals surface area contributed by atoms with Crippen molar-refractivity contribution in [3.63, 3.8) is 0 Å². The molecule has 9 heteroatoms. The summed E-state index contributed by atoms with van der Waals surface area (Å²) in [5, 5.41) is 4.49. The fourth-order valence-electron chi connectivity index (χ4n) is 4.28. The number of hydrogen-bond acceptors (Lipinski definition) is 6. The number of aromatic nitrogens is 1. The molecule has 2 aromatic heterocycles. The van der Waals surface area contributed by atoms with E-state index in [1.807, 2.05) is 30.3 Å². The highest BCUT2D eigenvalue weighted by molar-refractivity contribution is 7.22. The number of benzene rings is 2. The molecule has 0 atom stereocenters. The number of rotatable bonds is 10. The van der Waals surface area contributed by atoms with Gasteiger partial charge in [-0.25, -0.2) is 0 Å². The minimum Gasteiger partial charge on any atom is -0.494 e. The number of ketones is 1. The molecule has 0 aliphatic carbocycles. The molecule has 0 spiro atoms. The highest BCUT2D eigenvalue weighted by Crippen LogP contribution is 2.40. The second kappa shape index (κ2) is 12.4. The number of para-hydroxylation sites is 1. The smallest absolute Gasteiger partial charge is 0.267 e. The number of nitrogens with zero attached hydrogens (tertiary/aromatic N) is 2. The van der Waals surface area contributed by atoms with Gasteiger partial charge in [-0.15, -0.1) is 23.7 Å². The molecular weight excluding hydrogens is 510 g/mol. The second-order valence-corrected chi connectivity index (χ2v) is 10.1. The Labute approximate surface area is 226 Å². The second-order valence-electron chi connectivity index (χ2n) is 9.06. The Morgan fingerprint density at radius 1 is 1.08 bits per heavy atom. The van der Waals surface area contributed by atoms with E-state index in [1.54, 1.807) is 36.2 Å². The first-order valence-electron chi connectivity index (χ1n) is 12.0. The van der Waals surface area contributed by atoms with Crippen molar-refractivity contribution in [2.75, 3.05) is 27.2 Å². The highest BCUT2D eigenvalue weighted by atomic mass is 35.5. The van der Waals surface area contributed by atoms with Crippen LogP contribution in [0.2, 0.25) is 0 Å². The number of carbonyl (C=O) groups excluding carboxylic acids is 2. The van der Waals surface area contributed by atoms with Crippen LogP contribution in [0.5, 0.6) is 5.75 Å². The van der Waals surface area contributed by atoms with E-state index in [-0.39, 0.29) is 42.0 Å². The van der Waals surface area contributed by atoms with Crippen molar-refractivity contribution in [2.24, 2.45) is 0 Å². The van der Waals surface area contributed by atoms with Gasteiger partial charge in [0.05, 0.1) is 23.9 Å². The quantitative estimate of drug-likeness (QED) is 0.226. The summed E-state index contributed by atoms with van der Waals surface area (Å²) in [5.74, 6) is -0.0840. The SMILES string of the molecule is COc1c(C(=O)N(C)CCCNC(C)C)sc2c1c(=O)n(CC(=O)c1ccccc1)c1ccccc21.Cl. The van der Waals surface area contributed by atoms with E-state index >= 15 is 0 Å². The van der Waals surface area contributed by atoms with E-state index < -0.39 is 0 Å². The third-order valence-corrected chi connectivity index (χ3v) is 7.32. The van der Waals surface area contributed by atoms with Gasteiger partial charge in [0.25, 0.3) is 11.5 Å². The Morgan fingerprint density at radius 3 is 2.43 bits per heavy atom. The van der Waals surface area contributed by atoms with E-state index in [9.17, 15) is 14.4 Å². The van der Waals surface area contributed by atoms with Crippen LogP contribution in [0.1, 0.15) is 40.3 Å². The van der Waals surface area contributed by atoms with Gasteiger partial charge in [0.1, 0.15) is 10.3 Å². The van der Waals surface area contributed by atoms with Gasteiger partial charge in [-0.1, -0.05) is 62.4 Å². The van der Waals surface area contributed by atoms with Crippen LogP contribution >= 0.6 is 23.7 Å². The first kappa shape index (κ1) is 28.4. The molecule has 37 heavy (non-hydrogen) atoms. The lowest BCUT2D eigenvalue weighted by molar-refractivity contribution is 0.0795. The molecule has 0 saturated carbocycles. The lowest BCUT2D eigenvalue weighted by Gasteiger charge is -2.17. The van der Waals surface area contributed by atoms with Crippen molar-refractivity contribution in [1.82, 2.24) is 14.8 Å². The Morgan fingerprint density at radius 2 is 1.76 bits per heavy atom. The molecule has 0 fully saturated rings. The van der Waals surface area contributed by atoms with Crippen molar-refractivity contribution < 1.29 is 14.3 Å². The lowest BCUT2D eigenvalue weighted by Crippen LogP contribution is -2.31. The van der Waals surface area contributed by atoms with E-state index in [0.29, 0.717) is 38.6 Å². The van der Waals surface area contributed by atoms with E-state index in [0.717, 1.165) is 18.4 Å². The predicted molar refractivity (Wildman–Crippen MR) is 153 cm³/mol. The number of halogens is 1. The monoisotopic (exact) mass is 541 g/mol. The number of ether oxygens (including phenoxy) is 1. The molecule has 0 unspecified atom stereocenters. The number of thiophene rings is 1. The van der Waals surface area contributed by atoms with Crippen LogP contribution < -0.4 is 15.6 Å². The minimum absolute atomic E-state index is 0. The number of hydrogen-bond donors (Lipinski definition) is 1. The summed E-state index contributed by atoms with van der Waals surface area (Å²) in [6.45, 7) is 5.45. The Balaban J connectivity index is 0.00000380. The van der Waals surface area contributed by atoms with Gasteiger partial charge in [0.15, 0.2) is 11.5 Å². The number of Topliss-reactive ketones (excluding diaryl/α,β-unsaturated/α-hetero) is 1. The molecule has 0 aliphatic rings. The van der Waals surface area contributed by atoms with Crippen molar-refractivity contribution in [1.29, 1.82) is 0 Å². The summed E-state index contributed by atoms with van der Waals surface area (Å²) in [6.07, 6.45) is 0.810. The predicted octanol–water partition coefficient (Wildman–Crippen LogP) is 4.99. The Kier molecular flexibility index (Phi) is 9.48. The number of nitrogens with one attached hydrogen (secondary N) is 1. The van der Waals surface area contributed by atoms with Crippen LogP contribution in [0.4, 0.5) is 0 Å². The molecule has 0 radical (unpaired) electrons. The number of carbonyl (C=O) groups is 2. The fourth-order valence-corrected chi connectivity index (χ4v) is 5.57. The standard InChI is InChI=1S/C28H31N3O4S.ClH/c1-18(2)29-15-10-16-30(3)28(34)26-24(35-4)23-25(36-26)20-13-8-9-14-21(20)31(27(23)33)17-22(32)19-11-6-5-7-12-19;/h5-9,11-14,18,29H,10,15-17H2,1-4H3;1H. The molecule has 0 saturated heterocycles. The van der Waals surface area contributed by atoms with Crippen LogP contribution in [-0.4, -0.2) is 54.4 Å². The van der Waals surface area contributed by atoms with E-state index in [1.165, 1.54) is 23.0 Å². The van der Waals surface area contributed by atoms with Crippen LogP contribution in [0.15, 0.2) is 59.4 Å². The summed E-state index contributed by atoms with van der Waals surface area (Å²) in [4.78, 5) is 42.2. The number of methoxy groups -OCH3 is 1. The number of fused-ring (bicyclic) bond motifs is 3.